The lowest BCUT2D eigenvalue weighted by molar-refractivity contribution is -0.474. The molecule has 0 aliphatic carbocycles. The summed E-state index contributed by atoms with van der Waals surface area (Å²) in [5.74, 6) is 0.538. The lowest BCUT2D eigenvalue weighted by Gasteiger charge is -1.99. The summed E-state index contributed by atoms with van der Waals surface area (Å²) >= 11 is 1.52. The molecule has 0 aliphatic heterocycles. The van der Waals surface area contributed by atoms with Gasteiger partial charge in [0.15, 0.2) is 0 Å². The molecule has 0 fully saturated rings. The number of hydrogen-bond donors (Lipinski definition) is 0. The molecule has 4 heteroatoms. The zero-order chi connectivity index (χ0) is 9.68. The van der Waals surface area contributed by atoms with E-state index in [0.717, 1.165) is 4.90 Å². The van der Waals surface area contributed by atoms with E-state index < -0.39 is 0 Å². The predicted octanol–water partition coefficient (Wildman–Crippen LogP) is 2.36. The Morgan fingerprint density at radius 1 is 1.54 bits per heavy atom. The Hall–Kier alpha value is -1.03. The molecular formula is C9H11NO2S. The first kappa shape index (κ1) is 10.1. The van der Waals surface area contributed by atoms with Gasteiger partial charge in [-0.1, -0.05) is 17.7 Å². The standard InChI is InChI=1S/C9H11NO2S/c1-8-3-2-4-9(7-8)13-6-5-10(11)12/h2-4,7H,5-6H2,1H3. The molecular weight excluding hydrogens is 186 g/mol. The van der Waals surface area contributed by atoms with Crippen molar-refractivity contribution in [2.24, 2.45) is 0 Å². The monoisotopic (exact) mass is 197 g/mol. The summed E-state index contributed by atoms with van der Waals surface area (Å²) in [6.07, 6.45) is 0. The fourth-order valence-electron chi connectivity index (χ4n) is 0.943. The molecule has 0 saturated carbocycles. The third-order valence-corrected chi connectivity index (χ3v) is 2.51. The Bertz CT molecular complexity index is 301. The van der Waals surface area contributed by atoms with Crippen LogP contribution >= 0.6 is 11.8 Å². The van der Waals surface area contributed by atoms with Crippen LogP contribution in [0.25, 0.3) is 0 Å². The van der Waals surface area contributed by atoms with E-state index in [9.17, 15) is 10.1 Å². The molecule has 0 saturated heterocycles. The molecule has 0 radical (unpaired) electrons. The minimum absolute atomic E-state index is 0.0264. The SMILES string of the molecule is Cc1cccc(SCC[N+](=O)[O-])c1. The highest BCUT2D eigenvalue weighted by atomic mass is 32.2. The first-order valence-corrected chi connectivity index (χ1v) is 4.98. The van der Waals surface area contributed by atoms with Crippen LogP contribution in [0.3, 0.4) is 0 Å². The fourth-order valence-corrected chi connectivity index (χ4v) is 1.86. The van der Waals surface area contributed by atoms with Gasteiger partial charge in [0.1, 0.15) is 0 Å². The number of benzene rings is 1. The van der Waals surface area contributed by atoms with Crippen LogP contribution in [0.4, 0.5) is 0 Å². The molecule has 0 aromatic heterocycles. The lowest BCUT2D eigenvalue weighted by atomic mass is 10.2. The normalized spacial score (nSPS) is 9.92. The van der Waals surface area contributed by atoms with Crippen molar-refractivity contribution in [3.05, 3.63) is 39.9 Å². The topological polar surface area (TPSA) is 43.1 Å². The van der Waals surface area contributed by atoms with Crippen molar-refractivity contribution in [1.82, 2.24) is 0 Å². The molecule has 0 amide bonds. The smallest absolute Gasteiger partial charge is 0.213 e. The molecule has 0 spiro atoms. The maximum Gasteiger partial charge on any atom is 0.213 e. The third-order valence-electron chi connectivity index (χ3n) is 1.53. The number of aryl methyl sites for hydroxylation is 1. The highest BCUT2D eigenvalue weighted by Gasteiger charge is 1.98. The Morgan fingerprint density at radius 2 is 2.31 bits per heavy atom. The van der Waals surface area contributed by atoms with Crippen molar-refractivity contribution in [1.29, 1.82) is 0 Å². The van der Waals surface area contributed by atoms with Crippen LogP contribution in [-0.4, -0.2) is 17.2 Å². The van der Waals surface area contributed by atoms with Gasteiger partial charge in [-0.15, -0.1) is 11.8 Å². The lowest BCUT2D eigenvalue weighted by Crippen LogP contribution is -2.02. The summed E-state index contributed by atoms with van der Waals surface area (Å²) in [7, 11) is 0. The first-order valence-electron chi connectivity index (χ1n) is 4.00. The van der Waals surface area contributed by atoms with Gasteiger partial charge in [0.05, 0.1) is 5.75 Å². The molecule has 0 unspecified atom stereocenters. The fraction of sp³-hybridized carbons (Fsp3) is 0.333. The van der Waals surface area contributed by atoms with Crippen LogP contribution in [0.1, 0.15) is 5.56 Å². The van der Waals surface area contributed by atoms with Crippen molar-refractivity contribution < 1.29 is 4.92 Å². The quantitative estimate of drug-likeness (QED) is 0.423. The van der Waals surface area contributed by atoms with Crippen LogP contribution < -0.4 is 0 Å². The van der Waals surface area contributed by atoms with E-state index in [1.165, 1.54) is 17.3 Å². The number of rotatable bonds is 4. The maximum atomic E-state index is 10.0. The molecule has 0 N–H and O–H groups in total. The van der Waals surface area contributed by atoms with Crippen molar-refractivity contribution in [3.63, 3.8) is 0 Å². The van der Waals surface area contributed by atoms with Crippen molar-refractivity contribution >= 4 is 11.8 Å². The van der Waals surface area contributed by atoms with Gasteiger partial charge in [0, 0.05) is 9.82 Å². The maximum absolute atomic E-state index is 10.0. The van der Waals surface area contributed by atoms with Crippen molar-refractivity contribution in [2.45, 2.75) is 11.8 Å². The van der Waals surface area contributed by atoms with E-state index in [4.69, 9.17) is 0 Å². The summed E-state index contributed by atoms with van der Waals surface area (Å²) in [6.45, 7) is 2.04. The van der Waals surface area contributed by atoms with Crippen LogP contribution in [0.5, 0.6) is 0 Å². The van der Waals surface area contributed by atoms with Crippen LogP contribution in [0, 0.1) is 17.0 Å². The molecule has 1 rings (SSSR count). The van der Waals surface area contributed by atoms with Gasteiger partial charge >= 0.3 is 0 Å². The Balaban J connectivity index is 2.41. The molecule has 1 aromatic carbocycles. The molecule has 0 aliphatic rings. The van der Waals surface area contributed by atoms with Gasteiger partial charge in [0.2, 0.25) is 6.54 Å². The average molecular weight is 197 g/mol. The van der Waals surface area contributed by atoms with Gasteiger partial charge in [-0.2, -0.15) is 0 Å². The van der Waals surface area contributed by atoms with Crippen LogP contribution in [-0.2, 0) is 0 Å². The highest BCUT2D eigenvalue weighted by molar-refractivity contribution is 7.99. The minimum atomic E-state index is -0.289. The molecule has 13 heavy (non-hydrogen) atoms. The largest absolute Gasteiger partial charge is 0.265 e. The zero-order valence-electron chi connectivity index (χ0n) is 7.40. The minimum Gasteiger partial charge on any atom is -0.265 e. The summed E-state index contributed by atoms with van der Waals surface area (Å²) in [4.78, 5) is 10.9. The van der Waals surface area contributed by atoms with E-state index >= 15 is 0 Å². The van der Waals surface area contributed by atoms with Crippen LogP contribution in [0.2, 0.25) is 0 Å². The molecule has 0 bridgehead atoms. The highest BCUT2D eigenvalue weighted by Crippen LogP contribution is 2.18. The summed E-state index contributed by atoms with van der Waals surface area (Å²) < 4.78 is 0. The third kappa shape index (κ3) is 3.94. The first-order chi connectivity index (χ1) is 6.18. The second kappa shape index (κ2) is 4.87. The summed E-state index contributed by atoms with van der Waals surface area (Å²) in [6, 6.07) is 7.98. The Morgan fingerprint density at radius 3 is 2.92 bits per heavy atom. The van der Waals surface area contributed by atoms with Crippen LogP contribution in [0.15, 0.2) is 29.2 Å². The average Bonchev–Trinajstić information content (AvgIpc) is 2.03. The van der Waals surface area contributed by atoms with E-state index in [2.05, 4.69) is 0 Å². The van der Waals surface area contributed by atoms with Gasteiger partial charge in [0.25, 0.3) is 0 Å². The molecule has 0 atom stereocenters. The molecule has 1 aromatic rings. The Kier molecular flexibility index (Phi) is 3.76. The van der Waals surface area contributed by atoms with E-state index in [-0.39, 0.29) is 11.5 Å². The Labute approximate surface area is 81.3 Å². The van der Waals surface area contributed by atoms with Gasteiger partial charge in [-0.25, -0.2) is 0 Å². The zero-order valence-corrected chi connectivity index (χ0v) is 8.21. The molecule has 70 valence electrons. The number of nitrogens with zero attached hydrogens (tertiary/aromatic N) is 1. The predicted molar refractivity (Wildman–Crippen MR) is 53.8 cm³/mol. The van der Waals surface area contributed by atoms with E-state index in [0.29, 0.717) is 5.75 Å². The molecule has 0 heterocycles. The number of hydrogen-bond acceptors (Lipinski definition) is 3. The summed E-state index contributed by atoms with van der Waals surface area (Å²) in [5, 5.41) is 10.0. The van der Waals surface area contributed by atoms with Gasteiger partial charge in [-0.3, -0.25) is 10.1 Å². The van der Waals surface area contributed by atoms with Crippen molar-refractivity contribution in [3.8, 4) is 0 Å². The van der Waals surface area contributed by atoms with Gasteiger partial charge in [-0.05, 0) is 19.1 Å². The second-order valence-corrected chi connectivity index (χ2v) is 3.89. The molecule has 3 nitrogen and oxygen atoms in total. The second-order valence-electron chi connectivity index (χ2n) is 2.72. The van der Waals surface area contributed by atoms with Gasteiger partial charge < -0.3 is 0 Å². The number of nitro groups is 1. The van der Waals surface area contributed by atoms with E-state index in [1.807, 2.05) is 31.2 Å². The van der Waals surface area contributed by atoms with Crippen molar-refractivity contribution in [2.75, 3.05) is 12.3 Å². The number of thioether (sulfide) groups is 1. The van der Waals surface area contributed by atoms with E-state index in [1.54, 1.807) is 0 Å². The summed E-state index contributed by atoms with van der Waals surface area (Å²) in [5.41, 5.74) is 1.19.